The minimum absolute atomic E-state index is 1.23. The Morgan fingerprint density at radius 2 is 1.04 bits per heavy atom. The van der Waals surface area contributed by atoms with Gasteiger partial charge in [0, 0.05) is 0 Å². The summed E-state index contributed by atoms with van der Waals surface area (Å²) in [5, 5.41) is 0. The molecule has 0 radical (unpaired) electrons. The summed E-state index contributed by atoms with van der Waals surface area (Å²) < 4.78 is 0. The highest BCUT2D eigenvalue weighted by Crippen LogP contribution is 2.35. The van der Waals surface area contributed by atoms with E-state index in [0.29, 0.717) is 0 Å². The molecule has 0 unspecified atom stereocenters. The lowest BCUT2D eigenvalue weighted by atomic mass is 9.81. The van der Waals surface area contributed by atoms with Gasteiger partial charge in [-0.1, -0.05) is 89.8 Å². The molecule has 0 heterocycles. The molecule has 0 nitrogen and oxygen atoms in total. The highest BCUT2D eigenvalue weighted by molar-refractivity contribution is 5.71. The molecule has 0 saturated heterocycles. The van der Waals surface area contributed by atoms with Gasteiger partial charge in [-0.3, -0.25) is 0 Å². The standard InChI is InChI=1S/C28H42/c1-5-9-16-24-22-28(23-17-14-13-15-18-23)27(21-12-8-4)26(20-11-7-3)25(24)19-10-6-2/h13-15,17-18,22H,5-12,16,19-21H2,1-4H3. The van der Waals surface area contributed by atoms with E-state index < -0.39 is 0 Å². The van der Waals surface area contributed by atoms with Crippen LogP contribution in [0.2, 0.25) is 0 Å². The fraction of sp³-hybridized carbons (Fsp3) is 0.571. The van der Waals surface area contributed by atoms with Crippen LogP contribution in [-0.4, -0.2) is 0 Å². The number of hydrogen-bond acceptors (Lipinski definition) is 0. The number of benzene rings is 2. The van der Waals surface area contributed by atoms with Crippen LogP contribution in [0.15, 0.2) is 36.4 Å². The SMILES string of the molecule is CCCCc1cc(-c2ccccc2)c(CCCC)c(CCCC)c1CCCC. The topological polar surface area (TPSA) is 0 Å². The molecule has 0 fully saturated rings. The molecule has 2 rings (SSSR count). The van der Waals surface area contributed by atoms with Gasteiger partial charge in [0.2, 0.25) is 0 Å². The van der Waals surface area contributed by atoms with Crippen molar-refractivity contribution >= 4 is 0 Å². The van der Waals surface area contributed by atoms with Crippen LogP contribution in [0, 0.1) is 0 Å². The number of unbranched alkanes of at least 4 members (excludes halogenated alkanes) is 4. The predicted molar refractivity (Wildman–Crippen MR) is 126 cm³/mol. The molecule has 0 aliphatic carbocycles. The molecule has 0 atom stereocenters. The van der Waals surface area contributed by atoms with Crippen LogP contribution in [0.1, 0.15) is 101 Å². The second-order valence-corrected chi connectivity index (χ2v) is 8.30. The highest BCUT2D eigenvalue weighted by Gasteiger charge is 2.18. The van der Waals surface area contributed by atoms with Crippen LogP contribution >= 0.6 is 0 Å². The minimum Gasteiger partial charge on any atom is -0.0654 e. The molecule has 28 heavy (non-hydrogen) atoms. The minimum atomic E-state index is 1.23. The van der Waals surface area contributed by atoms with E-state index in [1.165, 1.54) is 88.2 Å². The Labute approximate surface area is 174 Å². The third-order valence-corrected chi connectivity index (χ3v) is 5.99. The quantitative estimate of drug-likeness (QED) is 0.327. The van der Waals surface area contributed by atoms with Crippen LogP contribution in [0.3, 0.4) is 0 Å². The van der Waals surface area contributed by atoms with Gasteiger partial charge in [-0.2, -0.15) is 0 Å². The van der Waals surface area contributed by atoms with E-state index in [9.17, 15) is 0 Å². The maximum atomic E-state index is 2.58. The van der Waals surface area contributed by atoms with Crippen LogP contribution < -0.4 is 0 Å². The first-order valence-corrected chi connectivity index (χ1v) is 12.0. The van der Waals surface area contributed by atoms with Crippen molar-refractivity contribution in [2.24, 2.45) is 0 Å². The molecule has 0 aromatic heterocycles. The molecule has 0 heteroatoms. The summed E-state index contributed by atoms with van der Waals surface area (Å²) in [4.78, 5) is 0. The van der Waals surface area contributed by atoms with E-state index in [-0.39, 0.29) is 0 Å². The molecule has 154 valence electrons. The lowest BCUT2D eigenvalue weighted by molar-refractivity contribution is 0.719. The van der Waals surface area contributed by atoms with E-state index in [1.54, 1.807) is 22.3 Å². The summed E-state index contributed by atoms with van der Waals surface area (Å²) in [6, 6.07) is 13.7. The Hall–Kier alpha value is -1.56. The van der Waals surface area contributed by atoms with Crippen molar-refractivity contribution in [1.82, 2.24) is 0 Å². The molecule has 0 bridgehead atoms. The molecule has 0 aliphatic rings. The molecule has 0 aliphatic heterocycles. The van der Waals surface area contributed by atoms with E-state index in [1.807, 2.05) is 0 Å². The Bertz CT molecular complexity index is 681. The van der Waals surface area contributed by atoms with Gasteiger partial charge in [-0.15, -0.1) is 0 Å². The Morgan fingerprint density at radius 1 is 0.536 bits per heavy atom. The monoisotopic (exact) mass is 378 g/mol. The zero-order valence-electron chi connectivity index (χ0n) is 18.9. The van der Waals surface area contributed by atoms with Gasteiger partial charge in [0.05, 0.1) is 0 Å². The predicted octanol–water partition coefficient (Wildman–Crippen LogP) is 8.72. The summed E-state index contributed by atoms with van der Waals surface area (Å²) in [6.07, 6.45) is 15.3. The Morgan fingerprint density at radius 3 is 1.61 bits per heavy atom. The summed E-state index contributed by atoms with van der Waals surface area (Å²) in [7, 11) is 0. The Balaban J connectivity index is 2.66. The molecule has 0 N–H and O–H groups in total. The molecule has 0 saturated carbocycles. The molecular formula is C28H42. The van der Waals surface area contributed by atoms with Gasteiger partial charge in [0.1, 0.15) is 0 Å². The van der Waals surface area contributed by atoms with Crippen molar-refractivity contribution in [3.05, 3.63) is 58.7 Å². The smallest absolute Gasteiger partial charge is 0.0146 e. The molecule has 2 aromatic carbocycles. The average molecular weight is 379 g/mol. The molecule has 0 amide bonds. The van der Waals surface area contributed by atoms with Crippen LogP contribution in [0.4, 0.5) is 0 Å². The zero-order valence-corrected chi connectivity index (χ0v) is 18.9. The van der Waals surface area contributed by atoms with Gasteiger partial charge >= 0.3 is 0 Å². The van der Waals surface area contributed by atoms with Crippen molar-refractivity contribution in [3.8, 4) is 11.1 Å². The average Bonchev–Trinajstić information content (AvgIpc) is 2.74. The highest BCUT2D eigenvalue weighted by atomic mass is 14.2. The molecular weight excluding hydrogens is 336 g/mol. The maximum absolute atomic E-state index is 2.58. The molecule has 2 aromatic rings. The largest absolute Gasteiger partial charge is 0.0654 e. The van der Waals surface area contributed by atoms with Gasteiger partial charge in [-0.05, 0) is 84.7 Å². The van der Waals surface area contributed by atoms with Gasteiger partial charge in [0.25, 0.3) is 0 Å². The first-order valence-electron chi connectivity index (χ1n) is 12.0. The normalized spacial score (nSPS) is 11.1. The molecule has 0 spiro atoms. The Kier molecular flexibility index (Phi) is 10.4. The fourth-order valence-corrected chi connectivity index (χ4v) is 4.31. The first kappa shape index (κ1) is 22.7. The van der Waals surface area contributed by atoms with Crippen molar-refractivity contribution < 1.29 is 0 Å². The van der Waals surface area contributed by atoms with E-state index in [0.717, 1.165) is 0 Å². The van der Waals surface area contributed by atoms with Crippen molar-refractivity contribution in [2.75, 3.05) is 0 Å². The van der Waals surface area contributed by atoms with Crippen LogP contribution in [-0.2, 0) is 25.7 Å². The van der Waals surface area contributed by atoms with Gasteiger partial charge in [0.15, 0.2) is 0 Å². The van der Waals surface area contributed by atoms with E-state index >= 15 is 0 Å². The van der Waals surface area contributed by atoms with Crippen LogP contribution in [0.25, 0.3) is 11.1 Å². The van der Waals surface area contributed by atoms with Crippen molar-refractivity contribution in [1.29, 1.82) is 0 Å². The third-order valence-electron chi connectivity index (χ3n) is 5.99. The lowest BCUT2D eigenvalue weighted by Crippen LogP contribution is -2.08. The maximum Gasteiger partial charge on any atom is -0.0146 e. The summed E-state index contributed by atoms with van der Waals surface area (Å²) >= 11 is 0. The number of aryl methyl sites for hydroxylation is 1. The summed E-state index contributed by atoms with van der Waals surface area (Å²) in [5.74, 6) is 0. The van der Waals surface area contributed by atoms with Crippen molar-refractivity contribution in [2.45, 2.75) is 105 Å². The van der Waals surface area contributed by atoms with Gasteiger partial charge in [-0.25, -0.2) is 0 Å². The first-order chi connectivity index (χ1) is 13.8. The lowest BCUT2D eigenvalue weighted by Gasteiger charge is -2.23. The van der Waals surface area contributed by atoms with E-state index in [4.69, 9.17) is 0 Å². The van der Waals surface area contributed by atoms with Crippen molar-refractivity contribution in [3.63, 3.8) is 0 Å². The number of hydrogen-bond donors (Lipinski definition) is 0. The van der Waals surface area contributed by atoms with Crippen LogP contribution in [0.5, 0.6) is 0 Å². The van der Waals surface area contributed by atoms with E-state index in [2.05, 4.69) is 64.1 Å². The second kappa shape index (κ2) is 12.8. The van der Waals surface area contributed by atoms with Gasteiger partial charge < -0.3 is 0 Å². The fourth-order valence-electron chi connectivity index (χ4n) is 4.31. The summed E-state index contributed by atoms with van der Waals surface area (Å²) in [6.45, 7) is 9.29. The third kappa shape index (κ3) is 6.23. The zero-order chi connectivity index (χ0) is 20.2. The number of rotatable bonds is 13. The summed E-state index contributed by atoms with van der Waals surface area (Å²) in [5.41, 5.74) is 9.66. The second-order valence-electron chi connectivity index (χ2n) is 8.30.